The fourth-order valence-electron chi connectivity index (χ4n) is 1.98. The van der Waals surface area contributed by atoms with Crippen molar-refractivity contribution in [3.05, 3.63) is 20.8 Å². The summed E-state index contributed by atoms with van der Waals surface area (Å²) in [7, 11) is 1.91. The van der Waals surface area contributed by atoms with Gasteiger partial charge in [0.1, 0.15) is 0 Å². The molecule has 0 radical (unpaired) electrons. The van der Waals surface area contributed by atoms with E-state index in [0.717, 1.165) is 10.3 Å². The summed E-state index contributed by atoms with van der Waals surface area (Å²) in [6, 6.07) is 2.06. The molecule has 1 fully saturated rings. The van der Waals surface area contributed by atoms with E-state index < -0.39 is 0 Å². The van der Waals surface area contributed by atoms with E-state index in [-0.39, 0.29) is 18.4 Å². The van der Waals surface area contributed by atoms with Gasteiger partial charge in [0.2, 0.25) is 11.8 Å². The molecule has 0 atom stereocenters. The van der Waals surface area contributed by atoms with Crippen LogP contribution in [0, 0.1) is 0 Å². The van der Waals surface area contributed by atoms with Crippen molar-refractivity contribution in [1.82, 2.24) is 15.1 Å². The van der Waals surface area contributed by atoms with Crippen molar-refractivity contribution in [1.29, 1.82) is 0 Å². The van der Waals surface area contributed by atoms with Crippen LogP contribution in [-0.2, 0) is 16.1 Å². The van der Waals surface area contributed by atoms with Gasteiger partial charge in [-0.2, -0.15) is 0 Å². The predicted molar refractivity (Wildman–Crippen MR) is 77.9 cm³/mol. The molecule has 0 aromatic carbocycles. The Balaban J connectivity index is 1.82. The maximum absolute atomic E-state index is 12.0. The molecule has 2 amide bonds. The van der Waals surface area contributed by atoms with Gasteiger partial charge in [0, 0.05) is 19.6 Å². The Morgan fingerprint density at radius 1 is 1.63 bits per heavy atom. The van der Waals surface area contributed by atoms with Crippen molar-refractivity contribution in [2.45, 2.75) is 6.54 Å². The molecular weight excluding hydrogens is 330 g/mol. The number of nitrogens with zero attached hydrogens (tertiary/aromatic N) is 2. The molecule has 19 heavy (non-hydrogen) atoms. The van der Waals surface area contributed by atoms with E-state index in [1.807, 2.05) is 11.9 Å². The van der Waals surface area contributed by atoms with E-state index in [2.05, 4.69) is 32.7 Å². The van der Waals surface area contributed by atoms with Crippen LogP contribution in [-0.4, -0.2) is 54.8 Å². The summed E-state index contributed by atoms with van der Waals surface area (Å²) in [4.78, 5) is 26.9. The van der Waals surface area contributed by atoms with Crippen LogP contribution in [0.5, 0.6) is 0 Å². The van der Waals surface area contributed by atoms with Crippen molar-refractivity contribution in [3.8, 4) is 0 Å². The molecular formula is C12H16BrN3O2S. The van der Waals surface area contributed by atoms with E-state index in [9.17, 15) is 9.59 Å². The number of carbonyl (C=O) groups excluding carboxylic acids is 2. The number of amides is 2. The summed E-state index contributed by atoms with van der Waals surface area (Å²) in [5, 5.41) is 4.78. The summed E-state index contributed by atoms with van der Waals surface area (Å²) in [5.74, 6) is -0.0735. The highest BCUT2D eigenvalue weighted by Crippen LogP contribution is 2.21. The second kappa shape index (κ2) is 6.49. The Labute approximate surface area is 124 Å². The van der Waals surface area contributed by atoms with Crippen molar-refractivity contribution < 1.29 is 9.59 Å². The zero-order chi connectivity index (χ0) is 13.8. The molecule has 0 spiro atoms. The third-order valence-electron chi connectivity index (χ3n) is 2.87. The van der Waals surface area contributed by atoms with Crippen molar-refractivity contribution >= 4 is 39.1 Å². The second-order valence-corrected chi connectivity index (χ2v) is 6.89. The van der Waals surface area contributed by atoms with Gasteiger partial charge >= 0.3 is 0 Å². The predicted octanol–water partition coefficient (Wildman–Crippen LogP) is 0.901. The number of rotatable bonds is 4. The van der Waals surface area contributed by atoms with Gasteiger partial charge in [-0.05, 0) is 40.0 Å². The minimum Gasteiger partial charge on any atom is -0.353 e. The van der Waals surface area contributed by atoms with Gasteiger partial charge in [0.15, 0.2) is 0 Å². The molecule has 1 aromatic heterocycles. The van der Waals surface area contributed by atoms with E-state index in [4.69, 9.17) is 0 Å². The van der Waals surface area contributed by atoms with Crippen LogP contribution in [0.25, 0.3) is 0 Å². The van der Waals surface area contributed by atoms with Gasteiger partial charge in [-0.1, -0.05) is 0 Å². The fraction of sp³-hybridized carbons (Fsp3) is 0.500. The third kappa shape index (κ3) is 4.29. The minimum absolute atomic E-state index is 0.00615. The number of nitrogens with one attached hydrogen (secondary N) is 1. The van der Waals surface area contributed by atoms with Crippen molar-refractivity contribution in [2.24, 2.45) is 0 Å². The monoisotopic (exact) mass is 345 g/mol. The number of hydrogen-bond acceptors (Lipinski definition) is 4. The van der Waals surface area contributed by atoms with Gasteiger partial charge in [0.05, 0.1) is 16.9 Å². The van der Waals surface area contributed by atoms with Gasteiger partial charge < -0.3 is 10.2 Å². The molecule has 0 aliphatic carbocycles. The lowest BCUT2D eigenvalue weighted by atomic mass is 10.3. The third-order valence-corrected chi connectivity index (χ3v) is 4.42. The summed E-state index contributed by atoms with van der Waals surface area (Å²) >= 11 is 5.06. The van der Waals surface area contributed by atoms with Crippen molar-refractivity contribution in [3.63, 3.8) is 0 Å². The molecule has 1 N–H and O–H groups in total. The van der Waals surface area contributed by atoms with E-state index in [1.54, 1.807) is 16.2 Å². The Hall–Kier alpha value is -0.920. The lowest BCUT2D eigenvalue weighted by Gasteiger charge is -2.28. The highest BCUT2D eigenvalue weighted by atomic mass is 79.9. The fourth-order valence-corrected chi connectivity index (χ4v) is 3.18. The van der Waals surface area contributed by atoms with Gasteiger partial charge in [-0.15, -0.1) is 11.3 Å². The smallest absolute Gasteiger partial charge is 0.239 e. The van der Waals surface area contributed by atoms with Crippen LogP contribution in [0.2, 0.25) is 0 Å². The van der Waals surface area contributed by atoms with Gasteiger partial charge in [-0.3, -0.25) is 14.5 Å². The Morgan fingerprint density at radius 3 is 3.05 bits per heavy atom. The molecule has 7 heteroatoms. The van der Waals surface area contributed by atoms with E-state index >= 15 is 0 Å². The summed E-state index contributed by atoms with van der Waals surface area (Å²) < 4.78 is 1.09. The molecule has 2 heterocycles. The maximum Gasteiger partial charge on any atom is 0.239 e. The molecule has 1 saturated heterocycles. The molecule has 0 bridgehead atoms. The molecule has 1 aromatic rings. The molecule has 1 aliphatic heterocycles. The van der Waals surface area contributed by atoms with Crippen LogP contribution in [0.4, 0.5) is 0 Å². The molecule has 104 valence electrons. The van der Waals surface area contributed by atoms with Crippen molar-refractivity contribution in [2.75, 3.05) is 33.2 Å². The normalized spacial score (nSPS) is 15.7. The highest BCUT2D eigenvalue weighted by molar-refractivity contribution is 9.11. The number of likely N-dealkylation sites (N-methyl/N-ethyl adjacent to an activating group) is 1. The quantitative estimate of drug-likeness (QED) is 0.882. The minimum atomic E-state index is -0.0796. The van der Waals surface area contributed by atoms with Crippen LogP contribution in [0.3, 0.4) is 0 Å². The molecule has 2 rings (SSSR count). The lowest BCUT2D eigenvalue weighted by molar-refractivity contribution is -0.138. The first-order valence-corrected chi connectivity index (χ1v) is 7.68. The average molecular weight is 346 g/mol. The maximum atomic E-state index is 12.0. The van der Waals surface area contributed by atoms with Crippen LogP contribution < -0.4 is 5.32 Å². The first kappa shape index (κ1) is 14.5. The van der Waals surface area contributed by atoms with Gasteiger partial charge in [-0.25, -0.2) is 0 Å². The largest absolute Gasteiger partial charge is 0.353 e. The van der Waals surface area contributed by atoms with Crippen LogP contribution >= 0.6 is 27.3 Å². The van der Waals surface area contributed by atoms with Crippen LogP contribution in [0.1, 0.15) is 5.56 Å². The number of hydrogen-bond donors (Lipinski definition) is 1. The van der Waals surface area contributed by atoms with E-state index in [1.165, 1.54) is 5.56 Å². The average Bonchev–Trinajstić information content (AvgIpc) is 2.74. The number of halogens is 1. The highest BCUT2D eigenvalue weighted by Gasteiger charge is 2.21. The summed E-state index contributed by atoms with van der Waals surface area (Å²) in [5.41, 5.74) is 1.18. The van der Waals surface area contributed by atoms with E-state index in [0.29, 0.717) is 19.6 Å². The number of carbonyl (C=O) groups is 2. The second-order valence-electron chi connectivity index (χ2n) is 4.60. The first-order valence-electron chi connectivity index (χ1n) is 6.00. The topological polar surface area (TPSA) is 52.7 Å². The molecule has 1 aliphatic rings. The Kier molecular flexibility index (Phi) is 4.95. The molecule has 5 nitrogen and oxygen atoms in total. The zero-order valence-electron chi connectivity index (χ0n) is 10.7. The molecule has 0 saturated carbocycles. The Bertz CT molecular complexity index is 477. The standard InChI is InChI=1S/C12H16BrN3O2S/c1-15(5-9-4-10(13)19-8-9)7-12(18)16-3-2-14-11(17)6-16/h4,8H,2-3,5-7H2,1H3,(H,14,17). The SMILES string of the molecule is CN(CC(=O)N1CCNC(=O)C1)Cc1csc(Br)c1. The first-order chi connectivity index (χ1) is 9.04. The summed E-state index contributed by atoms with van der Waals surface area (Å²) in [6.07, 6.45) is 0. The summed E-state index contributed by atoms with van der Waals surface area (Å²) in [6.45, 7) is 2.39. The lowest BCUT2D eigenvalue weighted by Crippen LogP contribution is -2.52. The van der Waals surface area contributed by atoms with Crippen LogP contribution in [0.15, 0.2) is 15.2 Å². The number of thiophene rings is 1. The zero-order valence-corrected chi connectivity index (χ0v) is 13.1. The Morgan fingerprint density at radius 2 is 2.42 bits per heavy atom. The van der Waals surface area contributed by atoms with Gasteiger partial charge in [0.25, 0.3) is 0 Å². The number of piperazine rings is 1. The molecule has 0 unspecified atom stereocenters.